The van der Waals surface area contributed by atoms with Crippen molar-refractivity contribution in [3.05, 3.63) is 34.4 Å². The third-order valence-corrected chi connectivity index (χ3v) is 5.56. The number of hydrogen-bond acceptors (Lipinski definition) is 3. The van der Waals surface area contributed by atoms with Crippen molar-refractivity contribution in [3.63, 3.8) is 0 Å². The lowest BCUT2D eigenvalue weighted by Gasteiger charge is -2.32. The summed E-state index contributed by atoms with van der Waals surface area (Å²) in [4.78, 5) is 14.7. The van der Waals surface area contributed by atoms with Crippen molar-refractivity contribution >= 4 is 39.9 Å². The number of fused-ring (bicyclic) bond motifs is 1. The smallest absolute Gasteiger partial charge is 0.466 e. The fraction of sp³-hybridized carbons (Fsp3) is 0.471. The summed E-state index contributed by atoms with van der Waals surface area (Å²) in [6, 6.07) is 5.90. The van der Waals surface area contributed by atoms with Gasteiger partial charge in [0.2, 0.25) is 0 Å². The van der Waals surface area contributed by atoms with Gasteiger partial charge in [-0.05, 0) is 45.4 Å². The lowest BCUT2D eigenvalue weighted by atomic mass is 9.66. The minimum absolute atomic E-state index is 0.0557. The summed E-state index contributed by atoms with van der Waals surface area (Å²) in [7, 11) is -0.603. The fourth-order valence-corrected chi connectivity index (χ4v) is 3.38. The van der Waals surface area contributed by atoms with Crippen LogP contribution in [0, 0.1) is 0 Å². The van der Waals surface area contributed by atoms with Crippen molar-refractivity contribution in [2.45, 2.75) is 51.1 Å². The van der Waals surface area contributed by atoms with Crippen LogP contribution >= 0.6 is 15.9 Å². The number of aliphatic carboxylic acids is 1. The highest BCUT2D eigenvalue weighted by Crippen LogP contribution is 2.43. The van der Waals surface area contributed by atoms with Crippen LogP contribution in [0.5, 0.6) is 0 Å². The Bertz CT molecular complexity index is 770. The van der Waals surface area contributed by atoms with Gasteiger partial charge in [-0.2, -0.15) is 0 Å². The van der Waals surface area contributed by atoms with Gasteiger partial charge in [0.25, 0.3) is 0 Å². The van der Waals surface area contributed by atoms with Crippen molar-refractivity contribution in [2.24, 2.45) is 0 Å². The fourth-order valence-electron chi connectivity index (χ4n) is 3.02. The zero-order chi connectivity index (χ0) is 17.7. The summed E-state index contributed by atoms with van der Waals surface area (Å²) in [6.07, 6.45) is 1.80. The third kappa shape index (κ3) is 3.00. The lowest BCUT2D eigenvalue weighted by molar-refractivity contribution is -0.137. The average molecular weight is 394 g/mol. The molecule has 1 fully saturated rings. The summed E-state index contributed by atoms with van der Waals surface area (Å²) < 4.78 is 13.2. The zero-order valence-corrected chi connectivity index (χ0v) is 15.8. The third-order valence-electron chi connectivity index (χ3n) is 5.07. The number of hydrogen-bond donors (Lipinski definition) is 2. The maximum atomic E-state index is 11.4. The van der Waals surface area contributed by atoms with Gasteiger partial charge in [-0.3, -0.25) is 4.79 Å². The van der Waals surface area contributed by atoms with Gasteiger partial charge >= 0.3 is 13.1 Å². The molecule has 1 aromatic heterocycles. The van der Waals surface area contributed by atoms with Crippen LogP contribution in [-0.4, -0.2) is 34.4 Å². The zero-order valence-electron chi connectivity index (χ0n) is 14.2. The van der Waals surface area contributed by atoms with Gasteiger partial charge in [-0.15, -0.1) is 0 Å². The highest BCUT2D eigenvalue weighted by atomic mass is 79.9. The molecule has 3 rings (SSSR count). The van der Waals surface area contributed by atoms with Gasteiger partial charge < -0.3 is 19.4 Å². The first-order chi connectivity index (χ1) is 11.1. The SMILES string of the molecule is CC1(C)OB(C(CC(=O)O)c2c[nH]c3cc(Br)ccc23)OC1(C)C. The standard InChI is InChI=1S/C17H21BBrNO4/c1-16(2)17(3,4)24-18(23-16)13(8-15(21)22)12-9-20-14-7-10(19)5-6-11(12)14/h5-7,9,13,20H,8H2,1-4H3,(H,21,22). The van der Waals surface area contributed by atoms with Crippen LogP contribution in [0.3, 0.4) is 0 Å². The van der Waals surface area contributed by atoms with Crippen LogP contribution < -0.4 is 0 Å². The van der Waals surface area contributed by atoms with Crippen molar-refractivity contribution in [1.29, 1.82) is 0 Å². The molecule has 1 aromatic carbocycles. The molecule has 1 saturated heterocycles. The van der Waals surface area contributed by atoms with Gasteiger partial charge in [0.05, 0.1) is 17.6 Å². The van der Waals surface area contributed by atoms with Crippen LogP contribution in [-0.2, 0) is 14.1 Å². The van der Waals surface area contributed by atoms with Crippen molar-refractivity contribution in [2.75, 3.05) is 0 Å². The monoisotopic (exact) mass is 393 g/mol. The number of aromatic amines is 1. The molecule has 0 radical (unpaired) electrons. The topological polar surface area (TPSA) is 71.5 Å². The molecule has 0 amide bonds. The molecule has 1 atom stereocenters. The molecule has 7 heteroatoms. The molecule has 24 heavy (non-hydrogen) atoms. The number of nitrogens with one attached hydrogen (secondary N) is 1. The van der Waals surface area contributed by atoms with Crippen molar-refractivity contribution in [1.82, 2.24) is 4.98 Å². The maximum absolute atomic E-state index is 11.4. The Balaban J connectivity index is 2.02. The van der Waals surface area contributed by atoms with E-state index in [2.05, 4.69) is 20.9 Å². The largest absolute Gasteiger partial charge is 0.481 e. The Hall–Kier alpha value is -1.31. The first kappa shape index (κ1) is 17.5. The summed E-state index contributed by atoms with van der Waals surface area (Å²) in [5.74, 6) is -1.26. The minimum atomic E-state index is -0.874. The molecule has 128 valence electrons. The molecule has 0 bridgehead atoms. The van der Waals surface area contributed by atoms with E-state index in [0.29, 0.717) is 0 Å². The Morgan fingerprint density at radius 3 is 2.50 bits per heavy atom. The molecule has 1 aliphatic rings. The first-order valence-electron chi connectivity index (χ1n) is 7.95. The molecule has 2 N–H and O–H groups in total. The number of H-pyrrole nitrogens is 1. The van der Waals surface area contributed by atoms with Gasteiger partial charge in [-0.25, -0.2) is 0 Å². The summed E-state index contributed by atoms with van der Waals surface area (Å²) >= 11 is 3.45. The van der Waals surface area contributed by atoms with E-state index in [1.807, 2.05) is 52.1 Å². The number of aromatic nitrogens is 1. The van der Waals surface area contributed by atoms with E-state index in [9.17, 15) is 9.90 Å². The maximum Gasteiger partial charge on any atom is 0.466 e. The summed E-state index contributed by atoms with van der Waals surface area (Å²) in [5, 5.41) is 10.4. The van der Waals surface area contributed by atoms with E-state index in [1.54, 1.807) is 0 Å². The summed E-state index contributed by atoms with van der Waals surface area (Å²) in [5.41, 5.74) is 0.859. The molecule has 2 aromatic rings. The molecule has 5 nitrogen and oxygen atoms in total. The first-order valence-corrected chi connectivity index (χ1v) is 8.74. The Morgan fingerprint density at radius 2 is 1.92 bits per heavy atom. The predicted molar refractivity (Wildman–Crippen MR) is 97.1 cm³/mol. The average Bonchev–Trinajstić information content (AvgIpc) is 2.94. The molecular weight excluding hydrogens is 373 g/mol. The second-order valence-corrected chi connectivity index (χ2v) is 8.18. The van der Waals surface area contributed by atoms with Crippen LogP contribution in [0.2, 0.25) is 0 Å². The minimum Gasteiger partial charge on any atom is -0.481 e. The van der Waals surface area contributed by atoms with Gasteiger partial charge in [0.15, 0.2) is 0 Å². The van der Waals surface area contributed by atoms with Crippen LogP contribution in [0.4, 0.5) is 0 Å². The van der Waals surface area contributed by atoms with Crippen molar-refractivity contribution in [3.8, 4) is 0 Å². The number of halogens is 1. The van der Waals surface area contributed by atoms with E-state index >= 15 is 0 Å². The Morgan fingerprint density at radius 1 is 1.29 bits per heavy atom. The number of benzene rings is 1. The van der Waals surface area contributed by atoms with E-state index in [1.165, 1.54) is 0 Å². The number of carboxylic acid groups (broad SMARTS) is 1. The van der Waals surface area contributed by atoms with Crippen LogP contribution in [0.15, 0.2) is 28.9 Å². The quantitative estimate of drug-likeness (QED) is 0.766. The predicted octanol–water partition coefficient (Wildman–Crippen LogP) is 4.12. The van der Waals surface area contributed by atoms with E-state index in [4.69, 9.17) is 9.31 Å². The molecule has 2 heterocycles. The van der Waals surface area contributed by atoms with Crippen LogP contribution in [0.25, 0.3) is 10.9 Å². The Kier molecular flexibility index (Phi) is 4.30. The summed E-state index contributed by atoms with van der Waals surface area (Å²) in [6.45, 7) is 7.88. The highest BCUT2D eigenvalue weighted by molar-refractivity contribution is 9.10. The molecule has 0 spiro atoms. The second-order valence-electron chi connectivity index (χ2n) is 7.26. The van der Waals surface area contributed by atoms with E-state index in [-0.39, 0.29) is 6.42 Å². The van der Waals surface area contributed by atoms with Gasteiger partial charge in [0.1, 0.15) is 0 Å². The molecular formula is C17H21BBrNO4. The Labute approximate surface area is 150 Å². The molecule has 1 aliphatic heterocycles. The number of carbonyl (C=O) groups is 1. The van der Waals surface area contributed by atoms with Gasteiger partial charge in [-0.1, -0.05) is 22.0 Å². The number of rotatable bonds is 4. The highest BCUT2D eigenvalue weighted by Gasteiger charge is 2.54. The lowest BCUT2D eigenvalue weighted by Crippen LogP contribution is -2.41. The molecule has 0 aliphatic carbocycles. The molecule has 0 saturated carbocycles. The van der Waals surface area contributed by atoms with E-state index < -0.39 is 30.1 Å². The number of carboxylic acids is 1. The van der Waals surface area contributed by atoms with Crippen LogP contribution in [0.1, 0.15) is 45.5 Å². The van der Waals surface area contributed by atoms with Gasteiger partial charge in [0, 0.05) is 27.4 Å². The van der Waals surface area contributed by atoms with Crippen molar-refractivity contribution < 1.29 is 19.2 Å². The normalized spacial score (nSPS) is 20.5. The molecule has 1 unspecified atom stereocenters. The van der Waals surface area contributed by atoms with E-state index in [0.717, 1.165) is 20.9 Å². The second kappa shape index (κ2) is 5.90.